The van der Waals surface area contributed by atoms with E-state index < -0.39 is 12.0 Å². The molecule has 2 heterocycles. The van der Waals surface area contributed by atoms with Gasteiger partial charge in [0.05, 0.1) is 11.8 Å². The van der Waals surface area contributed by atoms with Crippen LogP contribution in [0.4, 0.5) is 0 Å². The lowest BCUT2D eigenvalue weighted by Gasteiger charge is -2.24. The van der Waals surface area contributed by atoms with Gasteiger partial charge in [-0.05, 0) is 31.6 Å². The van der Waals surface area contributed by atoms with Gasteiger partial charge >= 0.3 is 5.97 Å². The number of hydrogen-bond acceptors (Lipinski definition) is 3. The van der Waals surface area contributed by atoms with Gasteiger partial charge in [-0.2, -0.15) is 5.10 Å². The van der Waals surface area contributed by atoms with E-state index in [1.54, 1.807) is 16.6 Å². The molecule has 20 heavy (non-hydrogen) atoms. The monoisotopic (exact) mass is 277 g/mol. The summed E-state index contributed by atoms with van der Waals surface area (Å²) in [6, 6.07) is -0.672. The zero-order valence-electron chi connectivity index (χ0n) is 11.7. The first-order valence-corrected chi connectivity index (χ1v) is 7.03. The number of nitrogens with zero attached hydrogens (tertiary/aromatic N) is 3. The highest BCUT2D eigenvalue weighted by Gasteiger charge is 2.49. The molecule has 1 aromatic rings. The number of likely N-dealkylation sites (tertiary alicyclic amines) is 1. The summed E-state index contributed by atoms with van der Waals surface area (Å²) in [5, 5.41) is 13.6. The summed E-state index contributed by atoms with van der Waals surface area (Å²) in [6.07, 6.45) is 4.55. The van der Waals surface area contributed by atoms with Gasteiger partial charge in [0, 0.05) is 19.3 Å². The molecule has 1 amide bonds. The molecular formula is C14H19N3O3. The topological polar surface area (TPSA) is 75.4 Å². The molecule has 1 saturated carbocycles. The minimum atomic E-state index is -0.880. The number of carbonyl (C=O) groups is 2. The third-order valence-corrected chi connectivity index (χ3v) is 4.87. The van der Waals surface area contributed by atoms with Crippen molar-refractivity contribution < 1.29 is 14.7 Å². The fraction of sp³-hybridized carbons (Fsp3) is 0.643. The van der Waals surface area contributed by atoms with Gasteiger partial charge in [-0.15, -0.1) is 0 Å². The Labute approximate surface area is 117 Å². The van der Waals surface area contributed by atoms with Crippen LogP contribution in [-0.2, 0) is 11.8 Å². The van der Waals surface area contributed by atoms with E-state index in [2.05, 4.69) is 5.10 Å². The van der Waals surface area contributed by atoms with E-state index in [1.165, 1.54) is 6.20 Å². The minimum Gasteiger partial charge on any atom is -0.480 e. The molecule has 108 valence electrons. The van der Waals surface area contributed by atoms with Gasteiger partial charge in [0.25, 0.3) is 5.91 Å². The van der Waals surface area contributed by atoms with E-state index in [-0.39, 0.29) is 11.8 Å². The maximum Gasteiger partial charge on any atom is 0.326 e. The average molecular weight is 277 g/mol. The van der Waals surface area contributed by atoms with E-state index in [9.17, 15) is 14.7 Å². The lowest BCUT2D eigenvalue weighted by Crippen LogP contribution is -2.43. The molecule has 3 unspecified atom stereocenters. The molecule has 6 nitrogen and oxygen atoms in total. The van der Waals surface area contributed by atoms with Gasteiger partial charge in [0.15, 0.2) is 0 Å². The first-order chi connectivity index (χ1) is 9.50. The Hall–Kier alpha value is -1.85. The number of aromatic nitrogens is 2. The zero-order chi connectivity index (χ0) is 14.4. The highest BCUT2D eigenvalue weighted by atomic mass is 16.4. The zero-order valence-corrected chi connectivity index (χ0v) is 11.7. The van der Waals surface area contributed by atoms with Crippen molar-refractivity contribution in [3.63, 3.8) is 0 Å². The number of aryl methyl sites for hydroxylation is 1. The molecule has 1 saturated heterocycles. The quantitative estimate of drug-likeness (QED) is 0.877. The van der Waals surface area contributed by atoms with Gasteiger partial charge in [0.1, 0.15) is 6.04 Å². The molecule has 0 spiro atoms. The Kier molecular flexibility index (Phi) is 3.03. The van der Waals surface area contributed by atoms with E-state index in [0.717, 1.165) is 25.0 Å². The Morgan fingerprint density at radius 3 is 2.75 bits per heavy atom. The van der Waals surface area contributed by atoms with Crippen LogP contribution in [0.1, 0.15) is 35.3 Å². The number of hydrogen-bond donors (Lipinski definition) is 1. The fourth-order valence-electron chi connectivity index (χ4n) is 3.69. The van der Waals surface area contributed by atoms with Gasteiger partial charge < -0.3 is 10.0 Å². The number of aliphatic carboxylic acids is 1. The van der Waals surface area contributed by atoms with Gasteiger partial charge in [-0.1, -0.05) is 6.42 Å². The van der Waals surface area contributed by atoms with E-state index >= 15 is 0 Å². The lowest BCUT2D eigenvalue weighted by molar-refractivity contribution is -0.142. The van der Waals surface area contributed by atoms with Crippen molar-refractivity contribution in [2.75, 3.05) is 6.54 Å². The molecule has 1 aromatic heterocycles. The summed E-state index contributed by atoms with van der Waals surface area (Å²) >= 11 is 0. The highest BCUT2D eigenvalue weighted by molar-refractivity contribution is 5.97. The Morgan fingerprint density at radius 1 is 1.40 bits per heavy atom. The van der Waals surface area contributed by atoms with Crippen LogP contribution in [0, 0.1) is 18.8 Å². The van der Waals surface area contributed by atoms with Crippen LogP contribution in [0.5, 0.6) is 0 Å². The summed E-state index contributed by atoms with van der Waals surface area (Å²) in [6.45, 7) is 2.39. The maximum atomic E-state index is 12.6. The van der Waals surface area contributed by atoms with Gasteiger partial charge in [-0.25, -0.2) is 4.79 Å². The summed E-state index contributed by atoms with van der Waals surface area (Å²) in [5.74, 6) is -0.614. The lowest BCUT2D eigenvalue weighted by atomic mass is 9.94. The smallest absolute Gasteiger partial charge is 0.326 e. The largest absolute Gasteiger partial charge is 0.480 e. The number of rotatable bonds is 2. The van der Waals surface area contributed by atoms with Crippen molar-refractivity contribution in [1.29, 1.82) is 0 Å². The molecular weight excluding hydrogens is 258 g/mol. The maximum absolute atomic E-state index is 12.6. The van der Waals surface area contributed by atoms with Crippen molar-refractivity contribution in [2.45, 2.75) is 32.2 Å². The average Bonchev–Trinajstić information content (AvgIpc) is 3.04. The molecule has 1 N–H and O–H groups in total. The Bertz CT molecular complexity index is 566. The van der Waals surface area contributed by atoms with E-state index in [1.807, 2.05) is 6.92 Å². The fourth-order valence-corrected chi connectivity index (χ4v) is 3.69. The van der Waals surface area contributed by atoms with Crippen LogP contribution in [0.3, 0.4) is 0 Å². The number of fused-ring (bicyclic) bond motifs is 1. The van der Waals surface area contributed by atoms with Crippen LogP contribution in [0.15, 0.2) is 6.20 Å². The molecule has 2 aliphatic rings. The van der Waals surface area contributed by atoms with Crippen LogP contribution >= 0.6 is 0 Å². The summed E-state index contributed by atoms with van der Waals surface area (Å²) in [5.41, 5.74) is 1.29. The predicted molar refractivity (Wildman–Crippen MR) is 71.2 cm³/mol. The predicted octanol–water partition coefficient (Wildman–Crippen LogP) is 1.05. The van der Waals surface area contributed by atoms with Crippen molar-refractivity contribution >= 4 is 11.9 Å². The number of carboxylic acids is 1. The van der Waals surface area contributed by atoms with Crippen molar-refractivity contribution in [3.05, 3.63) is 17.5 Å². The summed E-state index contributed by atoms with van der Waals surface area (Å²) < 4.78 is 1.64. The molecule has 3 rings (SSSR count). The molecule has 1 aliphatic carbocycles. The standard InChI is InChI=1S/C14H19N3O3/c1-8-11(6-15-16(8)2)13(18)17-7-9-4-3-5-10(9)12(17)14(19)20/h6,9-10,12H,3-5,7H2,1-2H3,(H,19,20). The number of carbonyl (C=O) groups excluding carboxylic acids is 1. The second-order valence-corrected chi connectivity index (χ2v) is 5.86. The first-order valence-electron chi connectivity index (χ1n) is 7.03. The first kappa shape index (κ1) is 13.1. The molecule has 2 fully saturated rings. The van der Waals surface area contributed by atoms with Crippen molar-refractivity contribution in [3.8, 4) is 0 Å². The highest BCUT2D eigenvalue weighted by Crippen LogP contribution is 2.42. The van der Waals surface area contributed by atoms with Crippen molar-refractivity contribution in [2.24, 2.45) is 18.9 Å². The molecule has 6 heteroatoms. The second kappa shape index (κ2) is 4.61. The van der Waals surface area contributed by atoms with Gasteiger partial charge in [0.2, 0.25) is 0 Å². The third-order valence-electron chi connectivity index (χ3n) is 4.87. The van der Waals surface area contributed by atoms with Crippen LogP contribution in [0.25, 0.3) is 0 Å². The Morgan fingerprint density at radius 2 is 2.15 bits per heavy atom. The van der Waals surface area contributed by atoms with E-state index in [4.69, 9.17) is 0 Å². The summed E-state index contributed by atoms with van der Waals surface area (Å²) in [4.78, 5) is 25.7. The molecule has 0 radical (unpaired) electrons. The summed E-state index contributed by atoms with van der Waals surface area (Å²) in [7, 11) is 1.78. The Balaban J connectivity index is 1.91. The molecule has 0 aromatic carbocycles. The van der Waals surface area contributed by atoms with E-state index in [0.29, 0.717) is 18.0 Å². The minimum absolute atomic E-state index is 0.119. The van der Waals surface area contributed by atoms with Crippen LogP contribution in [0.2, 0.25) is 0 Å². The van der Waals surface area contributed by atoms with Crippen molar-refractivity contribution in [1.82, 2.24) is 14.7 Å². The SMILES string of the molecule is Cc1c(C(=O)N2CC3CCCC3C2C(=O)O)cnn1C. The second-order valence-electron chi connectivity index (χ2n) is 5.86. The molecule has 0 bridgehead atoms. The van der Waals surface area contributed by atoms with Crippen LogP contribution < -0.4 is 0 Å². The third kappa shape index (κ3) is 1.82. The normalized spacial score (nSPS) is 28.7. The molecule has 3 atom stereocenters. The van der Waals surface area contributed by atoms with Crippen LogP contribution in [-0.4, -0.2) is 44.3 Å². The number of amides is 1. The molecule has 1 aliphatic heterocycles. The van der Waals surface area contributed by atoms with Gasteiger partial charge in [-0.3, -0.25) is 9.48 Å². The number of carboxylic acid groups (broad SMARTS) is 1.